The predicted octanol–water partition coefficient (Wildman–Crippen LogP) is 2.68. The summed E-state index contributed by atoms with van der Waals surface area (Å²) in [6.45, 7) is 11.5. The second-order valence-corrected chi connectivity index (χ2v) is 6.98. The Kier molecular flexibility index (Phi) is 8.98. The van der Waals surface area contributed by atoms with Gasteiger partial charge < -0.3 is 20.3 Å². The number of rotatable bonds is 7. The normalized spacial score (nSPS) is 19.6. The number of hydrogen-bond acceptors (Lipinski definition) is 3. The van der Waals surface area contributed by atoms with Gasteiger partial charge in [-0.25, -0.2) is 0 Å². The van der Waals surface area contributed by atoms with Crippen LogP contribution in [0.25, 0.3) is 0 Å². The van der Waals surface area contributed by atoms with E-state index in [1.165, 1.54) is 30.6 Å². The zero-order valence-corrected chi connectivity index (χ0v) is 18.4. The van der Waals surface area contributed by atoms with Crippen molar-refractivity contribution in [3.8, 4) is 5.75 Å². The molecule has 1 atom stereocenters. The number of guanidine groups is 1. The number of hydrogen-bond donors (Lipinski definition) is 2. The minimum absolute atomic E-state index is 0. The average Bonchev–Trinajstić information content (AvgIpc) is 3.28. The minimum Gasteiger partial charge on any atom is -0.493 e. The van der Waals surface area contributed by atoms with Gasteiger partial charge in [-0.3, -0.25) is 4.99 Å². The van der Waals surface area contributed by atoms with Crippen molar-refractivity contribution in [1.82, 2.24) is 15.5 Å². The van der Waals surface area contributed by atoms with Crippen LogP contribution in [0.3, 0.4) is 0 Å². The van der Waals surface area contributed by atoms with Crippen molar-refractivity contribution in [1.29, 1.82) is 0 Å². The Morgan fingerprint density at radius 2 is 2.19 bits per heavy atom. The topological polar surface area (TPSA) is 48.9 Å². The number of aliphatic imine (C=N–C) groups is 1. The molecule has 0 saturated carbocycles. The van der Waals surface area contributed by atoms with Crippen LogP contribution in [-0.2, 0) is 12.8 Å². The molecule has 5 nitrogen and oxygen atoms in total. The Morgan fingerprint density at radius 1 is 1.31 bits per heavy atom. The molecule has 0 bridgehead atoms. The van der Waals surface area contributed by atoms with Gasteiger partial charge in [0.1, 0.15) is 5.75 Å². The molecule has 1 aromatic carbocycles. The highest BCUT2D eigenvalue weighted by atomic mass is 127. The summed E-state index contributed by atoms with van der Waals surface area (Å²) in [5, 5.41) is 6.85. The summed E-state index contributed by atoms with van der Waals surface area (Å²) in [5.41, 5.74) is 2.71. The van der Waals surface area contributed by atoms with E-state index in [1.807, 2.05) is 0 Å². The Balaban J connectivity index is 0.00000243. The van der Waals surface area contributed by atoms with E-state index >= 15 is 0 Å². The first kappa shape index (κ1) is 21.3. The Labute approximate surface area is 175 Å². The second kappa shape index (κ2) is 11.0. The summed E-state index contributed by atoms with van der Waals surface area (Å²) in [6, 6.07) is 6.57. The van der Waals surface area contributed by atoms with Crippen LogP contribution in [0.1, 0.15) is 31.4 Å². The van der Waals surface area contributed by atoms with Crippen molar-refractivity contribution in [2.24, 2.45) is 10.9 Å². The molecular formula is C20H33IN4O. The number of likely N-dealkylation sites (tertiary alicyclic amines) is 1. The smallest absolute Gasteiger partial charge is 0.191 e. The molecule has 0 radical (unpaired) electrons. The summed E-state index contributed by atoms with van der Waals surface area (Å²) in [6.07, 6.45) is 3.32. The van der Waals surface area contributed by atoms with Gasteiger partial charge in [0.2, 0.25) is 0 Å². The van der Waals surface area contributed by atoms with E-state index in [9.17, 15) is 0 Å². The highest BCUT2D eigenvalue weighted by Crippen LogP contribution is 2.25. The van der Waals surface area contributed by atoms with Crippen molar-refractivity contribution in [2.75, 3.05) is 45.9 Å². The lowest BCUT2D eigenvalue weighted by Crippen LogP contribution is -2.38. The number of ether oxygens (including phenoxy) is 1. The van der Waals surface area contributed by atoms with Crippen LogP contribution in [0.15, 0.2) is 23.2 Å². The van der Waals surface area contributed by atoms with Crippen molar-refractivity contribution in [3.05, 3.63) is 29.3 Å². The highest BCUT2D eigenvalue weighted by Gasteiger charge is 2.20. The average molecular weight is 472 g/mol. The van der Waals surface area contributed by atoms with Crippen LogP contribution in [0.5, 0.6) is 5.75 Å². The maximum Gasteiger partial charge on any atom is 0.191 e. The van der Waals surface area contributed by atoms with E-state index in [0.29, 0.717) is 5.92 Å². The summed E-state index contributed by atoms with van der Waals surface area (Å²) in [5.74, 6) is 2.71. The third kappa shape index (κ3) is 6.01. The highest BCUT2D eigenvalue weighted by molar-refractivity contribution is 14.0. The zero-order chi connectivity index (χ0) is 17.5. The van der Waals surface area contributed by atoms with E-state index < -0.39 is 0 Å². The molecule has 1 saturated heterocycles. The first-order chi connectivity index (χ1) is 12.3. The van der Waals surface area contributed by atoms with Gasteiger partial charge in [0.15, 0.2) is 5.96 Å². The van der Waals surface area contributed by atoms with Crippen molar-refractivity contribution >= 4 is 29.9 Å². The quantitative estimate of drug-likeness (QED) is 0.364. The molecule has 26 heavy (non-hydrogen) atoms. The van der Waals surface area contributed by atoms with Crippen LogP contribution < -0.4 is 15.4 Å². The molecule has 1 unspecified atom stereocenters. The standard InChI is InChI=1S/C20H32N4O.HI/c1-3-21-20(23-14-17-8-11-24(4-2)15-17)22-10-7-16-5-6-19-18(13-16)9-12-25-19;/h5-6,13,17H,3-4,7-12,14-15H2,1-2H3,(H2,21,22,23);1H. The molecular weight excluding hydrogens is 439 g/mol. The number of fused-ring (bicyclic) bond motifs is 1. The zero-order valence-electron chi connectivity index (χ0n) is 16.1. The first-order valence-electron chi connectivity index (χ1n) is 9.77. The fourth-order valence-electron chi connectivity index (χ4n) is 3.63. The van der Waals surface area contributed by atoms with Crippen LogP contribution in [0, 0.1) is 5.92 Å². The number of benzene rings is 1. The Morgan fingerprint density at radius 3 is 2.96 bits per heavy atom. The van der Waals surface area contributed by atoms with Gasteiger partial charge in [-0.05, 0) is 56.0 Å². The lowest BCUT2D eigenvalue weighted by atomic mass is 10.1. The molecule has 1 fully saturated rings. The molecule has 146 valence electrons. The van der Waals surface area contributed by atoms with E-state index in [-0.39, 0.29) is 24.0 Å². The Bertz CT molecular complexity index is 593. The molecule has 2 N–H and O–H groups in total. The van der Waals surface area contributed by atoms with Gasteiger partial charge in [-0.2, -0.15) is 0 Å². The third-order valence-electron chi connectivity index (χ3n) is 5.13. The van der Waals surface area contributed by atoms with E-state index in [4.69, 9.17) is 9.73 Å². The summed E-state index contributed by atoms with van der Waals surface area (Å²) < 4.78 is 5.58. The van der Waals surface area contributed by atoms with E-state index in [2.05, 4.69) is 47.6 Å². The molecule has 2 heterocycles. The van der Waals surface area contributed by atoms with Crippen LogP contribution in [0.4, 0.5) is 0 Å². The summed E-state index contributed by atoms with van der Waals surface area (Å²) in [7, 11) is 0. The molecule has 0 spiro atoms. The lowest BCUT2D eigenvalue weighted by molar-refractivity contribution is 0.343. The number of nitrogens with zero attached hydrogens (tertiary/aromatic N) is 2. The molecule has 2 aliphatic heterocycles. The van der Waals surface area contributed by atoms with Crippen molar-refractivity contribution in [2.45, 2.75) is 33.1 Å². The molecule has 3 rings (SSSR count). The molecule has 0 aromatic heterocycles. The van der Waals surface area contributed by atoms with Gasteiger partial charge in [0.25, 0.3) is 0 Å². The minimum atomic E-state index is 0. The van der Waals surface area contributed by atoms with Gasteiger partial charge in [-0.15, -0.1) is 24.0 Å². The monoisotopic (exact) mass is 472 g/mol. The first-order valence-corrected chi connectivity index (χ1v) is 9.77. The van der Waals surface area contributed by atoms with Gasteiger partial charge in [-0.1, -0.05) is 19.1 Å². The van der Waals surface area contributed by atoms with E-state index in [1.54, 1.807) is 0 Å². The number of nitrogens with one attached hydrogen (secondary N) is 2. The maximum atomic E-state index is 5.58. The van der Waals surface area contributed by atoms with Gasteiger partial charge in [0, 0.05) is 32.6 Å². The van der Waals surface area contributed by atoms with E-state index in [0.717, 1.165) is 57.3 Å². The van der Waals surface area contributed by atoms with Gasteiger partial charge in [0.05, 0.1) is 6.61 Å². The number of halogens is 1. The fraction of sp³-hybridized carbons (Fsp3) is 0.650. The lowest BCUT2D eigenvalue weighted by Gasteiger charge is -2.14. The fourth-order valence-corrected chi connectivity index (χ4v) is 3.63. The van der Waals surface area contributed by atoms with Crippen molar-refractivity contribution in [3.63, 3.8) is 0 Å². The second-order valence-electron chi connectivity index (χ2n) is 6.98. The van der Waals surface area contributed by atoms with Crippen molar-refractivity contribution < 1.29 is 4.74 Å². The molecule has 6 heteroatoms. The third-order valence-corrected chi connectivity index (χ3v) is 5.13. The maximum absolute atomic E-state index is 5.58. The molecule has 0 aliphatic carbocycles. The largest absolute Gasteiger partial charge is 0.493 e. The Hall–Kier alpha value is -1.02. The predicted molar refractivity (Wildman–Crippen MR) is 119 cm³/mol. The van der Waals surface area contributed by atoms with Crippen LogP contribution >= 0.6 is 24.0 Å². The van der Waals surface area contributed by atoms with Gasteiger partial charge >= 0.3 is 0 Å². The summed E-state index contributed by atoms with van der Waals surface area (Å²) in [4.78, 5) is 7.31. The van der Waals surface area contributed by atoms with Crippen LogP contribution in [-0.4, -0.2) is 56.7 Å². The molecule has 1 aromatic rings. The molecule has 2 aliphatic rings. The van der Waals surface area contributed by atoms with Crippen LogP contribution in [0.2, 0.25) is 0 Å². The SMILES string of the molecule is CCNC(=NCC1CCN(CC)C1)NCCc1ccc2c(c1)CCO2.I. The summed E-state index contributed by atoms with van der Waals surface area (Å²) >= 11 is 0. The molecule has 0 amide bonds.